The molecule has 0 aromatic carbocycles. The monoisotopic (exact) mass is 295 g/mol. The van der Waals surface area contributed by atoms with Gasteiger partial charge in [0.15, 0.2) is 6.04 Å². The van der Waals surface area contributed by atoms with E-state index in [1.165, 1.54) is 0 Å². The van der Waals surface area contributed by atoms with Gasteiger partial charge >= 0.3 is 5.97 Å². The largest absolute Gasteiger partial charge is 0.479 e. The van der Waals surface area contributed by atoms with E-state index in [9.17, 15) is 14.7 Å². The van der Waals surface area contributed by atoms with Crippen LogP contribution < -0.4 is 0 Å². The Bertz CT molecular complexity index is 483. The van der Waals surface area contributed by atoms with Crippen LogP contribution >= 0.6 is 11.3 Å². The number of carboxylic acid groups (broad SMARTS) is 1. The molecule has 4 nitrogen and oxygen atoms in total. The summed E-state index contributed by atoms with van der Waals surface area (Å²) in [6.45, 7) is 2.65. The molecular weight excluding hydrogens is 274 g/mol. The van der Waals surface area contributed by atoms with E-state index < -0.39 is 12.0 Å². The van der Waals surface area contributed by atoms with Crippen LogP contribution in [0.5, 0.6) is 0 Å². The van der Waals surface area contributed by atoms with Gasteiger partial charge < -0.3 is 10.0 Å². The number of unbranched alkanes of at least 4 members (excludes halogenated alkanes) is 3. The summed E-state index contributed by atoms with van der Waals surface area (Å²) < 4.78 is 0. The number of rotatable bonds is 6. The molecule has 1 aromatic rings. The second kappa shape index (κ2) is 6.88. The Morgan fingerprint density at radius 1 is 1.40 bits per heavy atom. The van der Waals surface area contributed by atoms with E-state index in [4.69, 9.17) is 0 Å². The van der Waals surface area contributed by atoms with Gasteiger partial charge in [-0.1, -0.05) is 26.2 Å². The number of amides is 1. The predicted molar refractivity (Wildman–Crippen MR) is 78.9 cm³/mol. The van der Waals surface area contributed by atoms with Crippen LogP contribution in [-0.4, -0.2) is 28.4 Å². The Labute approximate surface area is 123 Å². The average molecular weight is 295 g/mol. The third-order valence-electron chi connectivity index (χ3n) is 3.76. The number of fused-ring (bicyclic) bond motifs is 1. The molecule has 2 rings (SSSR count). The Morgan fingerprint density at radius 3 is 2.90 bits per heavy atom. The topological polar surface area (TPSA) is 57.6 Å². The lowest BCUT2D eigenvalue weighted by Crippen LogP contribution is -2.42. The standard InChI is InChI=1S/C15H21NO3S/c1-2-3-4-5-6-13(17)16-9-7-12-11(8-10-20-12)14(16)15(18)19/h8,10,14H,2-7,9H2,1H3,(H,18,19). The summed E-state index contributed by atoms with van der Waals surface area (Å²) in [7, 11) is 0. The highest BCUT2D eigenvalue weighted by Crippen LogP contribution is 2.33. The van der Waals surface area contributed by atoms with E-state index in [0.29, 0.717) is 13.0 Å². The molecule has 110 valence electrons. The van der Waals surface area contributed by atoms with E-state index in [1.807, 2.05) is 11.4 Å². The molecule has 1 atom stereocenters. The Morgan fingerprint density at radius 2 is 2.20 bits per heavy atom. The minimum atomic E-state index is -0.925. The molecule has 1 aromatic heterocycles. The van der Waals surface area contributed by atoms with Gasteiger partial charge in [0, 0.05) is 17.8 Å². The lowest BCUT2D eigenvalue weighted by atomic mass is 9.99. The van der Waals surface area contributed by atoms with Crippen molar-refractivity contribution in [3.63, 3.8) is 0 Å². The van der Waals surface area contributed by atoms with Crippen molar-refractivity contribution < 1.29 is 14.7 Å². The highest BCUT2D eigenvalue weighted by Gasteiger charge is 2.36. The summed E-state index contributed by atoms with van der Waals surface area (Å²) in [5.41, 5.74) is 0.802. The highest BCUT2D eigenvalue weighted by atomic mass is 32.1. The lowest BCUT2D eigenvalue weighted by molar-refractivity contribution is -0.151. The fourth-order valence-electron chi connectivity index (χ4n) is 2.70. The minimum Gasteiger partial charge on any atom is -0.479 e. The highest BCUT2D eigenvalue weighted by molar-refractivity contribution is 7.10. The summed E-state index contributed by atoms with van der Waals surface area (Å²) in [5, 5.41) is 11.4. The number of nitrogens with zero attached hydrogens (tertiary/aromatic N) is 1. The molecule has 1 N–H and O–H groups in total. The molecule has 1 unspecified atom stereocenters. The number of hydrogen-bond acceptors (Lipinski definition) is 3. The van der Waals surface area contributed by atoms with Crippen molar-refractivity contribution in [2.75, 3.05) is 6.54 Å². The first-order valence-corrected chi connectivity index (χ1v) is 8.11. The van der Waals surface area contributed by atoms with Crippen LogP contribution in [0.4, 0.5) is 0 Å². The number of aliphatic carboxylic acids is 1. The van der Waals surface area contributed by atoms with E-state index >= 15 is 0 Å². The molecule has 2 heterocycles. The molecular formula is C15H21NO3S. The van der Waals surface area contributed by atoms with Crippen molar-refractivity contribution in [2.24, 2.45) is 0 Å². The van der Waals surface area contributed by atoms with Crippen LogP contribution in [0.3, 0.4) is 0 Å². The van der Waals surface area contributed by atoms with Gasteiger partial charge in [0.25, 0.3) is 0 Å². The molecule has 1 aliphatic heterocycles. The Kier molecular flexibility index (Phi) is 5.17. The van der Waals surface area contributed by atoms with Crippen LogP contribution in [-0.2, 0) is 16.0 Å². The number of carbonyl (C=O) groups excluding carboxylic acids is 1. The molecule has 0 radical (unpaired) electrons. The number of hydrogen-bond donors (Lipinski definition) is 1. The van der Waals surface area contributed by atoms with Crippen molar-refractivity contribution in [2.45, 2.75) is 51.5 Å². The molecule has 0 aliphatic carbocycles. The van der Waals surface area contributed by atoms with Crippen molar-refractivity contribution in [3.8, 4) is 0 Å². The summed E-state index contributed by atoms with van der Waals surface area (Å²) in [6, 6.07) is 1.05. The first-order valence-electron chi connectivity index (χ1n) is 7.23. The zero-order chi connectivity index (χ0) is 14.5. The van der Waals surface area contributed by atoms with Gasteiger partial charge in [-0.2, -0.15) is 0 Å². The first-order chi connectivity index (χ1) is 9.65. The normalized spacial score (nSPS) is 17.9. The summed E-state index contributed by atoms with van der Waals surface area (Å²) in [5.74, 6) is -0.948. The third-order valence-corrected chi connectivity index (χ3v) is 4.76. The Hall–Kier alpha value is -1.36. The van der Waals surface area contributed by atoms with Gasteiger partial charge in [0.05, 0.1) is 0 Å². The van der Waals surface area contributed by atoms with Crippen molar-refractivity contribution >= 4 is 23.2 Å². The minimum absolute atomic E-state index is 0.0228. The molecule has 0 spiro atoms. The maximum Gasteiger partial charge on any atom is 0.331 e. The zero-order valence-electron chi connectivity index (χ0n) is 11.8. The molecule has 0 saturated heterocycles. The van der Waals surface area contributed by atoms with Gasteiger partial charge in [-0.25, -0.2) is 4.79 Å². The van der Waals surface area contributed by atoms with Crippen LogP contribution in [0.25, 0.3) is 0 Å². The van der Waals surface area contributed by atoms with E-state index in [2.05, 4.69) is 6.92 Å². The third kappa shape index (κ3) is 3.20. The SMILES string of the molecule is CCCCCCC(=O)N1CCc2sccc2C1C(=O)O. The second-order valence-corrected chi connectivity index (χ2v) is 6.19. The fraction of sp³-hybridized carbons (Fsp3) is 0.600. The number of thiophene rings is 1. The van der Waals surface area contributed by atoms with Crippen LogP contribution in [0.1, 0.15) is 55.5 Å². The average Bonchev–Trinajstić information content (AvgIpc) is 2.90. The first kappa shape index (κ1) is 15.0. The van der Waals surface area contributed by atoms with Crippen LogP contribution in [0, 0.1) is 0 Å². The maximum absolute atomic E-state index is 12.3. The molecule has 20 heavy (non-hydrogen) atoms. The molecule has 0 fully saturated rings. The summed E-state index contributed by atoms with van der Waals surface area (Å²) in [6.07, 6.45) is 5.39. The number of carboxylic acids is 1. The summed E-state index contributed by atoms with van der Waals surface area (Å²) >= 11 is 1.58. The number of carbonyl (C=O) groups is 2. The molecule has 5 heteroatoms. The quantitative estimate of drug-likeness (QED) is 0.820. The van der Waals surface area contributed by atoms with E-state index in [-0.39, 0.29) is 5.91 Å². The zero-order valence-corrected chi connectivity index (χ0v) is 12.6. The van der Waals surface area contributed by atoms with Crippen LogP contribution in [0.15, 0.2) is 11.4 Å². The van der Waals surface area contributed by atoms with E-state index in [0.717, 1.165) is 42.5 Å². The smallest absolute Gasteiger partial charge is 0.331 e. The van der Waals surface area contributed by atoms with Crippen molar-refractivity contribution in [3.05, 3.63) is 21.9 Å². The van der Waals surface area contributed by atoms with Gasteiger partial charge in [-0.15, -0.1) is 11.3 Å². The van der Waals surface area contributed by atoms with Gasteiger partial charge in [-0.05, 0) is 29.9 Å². The van der Waals surface area contributed by atoms with Crippen LogP contribution in [0.2, 0.25) is 0 Å². The molecule has 0 saturated carbocycles. The van der Waals surface area contributed by atoms with E-state index in [1.54, 1.807) is 16.2 Å². The maximum atomic E-state index is 12.3. The summed E-state index contributed by atoms with van der Waals surface area (Å²) in [4.78, 5) is 26.4. The lowest BCUT2D eigenvalue weighted by Gasteiger charge is -2.33. The fourth-order valence-corrected chi connectivity index (χ4v) is 3.60. The van der Waals surface area contributed by atoms with Crippen molar-refractivity contribution in [1.29, 1.82) is 0 Å². The molecule has 1 aliphatic rings. The van der Waals surface area contributed by atoms with Gasteiger partial charge in [0.2, 0.25) is 5.91 Å². The van der Waals surface area contributed by atoms with Gasteiger partial charge in [0.1, 0.15) is 0 Å². The van der Waals surface area contributed by atoms with Gasteiger partial charge in [-0.3, -0.25) is 4.79 Å². The second-order valence-electron chi connectivity index (χ2n) is 5.19. The molecule has 0 bridgehead atoms. The molecule has 1 amide bonds. The Balaban J connectivity index is 2.04. The van der Waals surface area contributed by atoms with Crippen molar-refractivity contribution in [1.82, 2.24) is 4.90 Å². The predicted octanol–water partition coefficient (Wildman–Crippen LogP) is 3.23.